The van der Waals surface area contributed by atoms with Crippen LogP contribution in [-0.2, 0) is 76.5 Å². The summed E-state index contributed by atoms with van der Waals surface area (Å²) in [5.41, 5.74) is 12.8. The molecule has 0 bridgehead atoms. The predicted octanol–water partition coefficient (Wildman–Crippen LogP) is 8.88. The lowest BCUT2D eigenvalue weighted by atomic mass is 9.95. The molecule has 364 valence electrons. The van der Waals surface area contributed by atoms with Crippen LogP contribution in [0.4, 0.5) is 0 Å². The van der Waals surface area contributed by atoms with Gasteiger partial charge < -0.3 is 47.1 Å². The Bertz CT molecular complexity index is 2270. The smallest absolute Gasteiger partial charge is 0.338 e. The molecule has 0 saturated carbocycles. The van der Waals surface area contributed by atoms with E-state index in [0.29, 0.717) is 0 Å². The van der Waals surface area contributed by atoms with E-state index in [2.05, 4.69) is 37.7 Å². The quantitative estimate of drug-likeness (QED) is 0.0192. The summed E-state index contributed by atoms with van der Waals surface area (Å²) < 4.78 is 64.5. The van der Waals surface area contributed by atoms with E-state index in [0.717, 1.165) is 16.7 Å². The minimum Gasteiger partial charge on any atom is -0.467 e. The van der Waals surface area contributed by atoms with Crippen LogP contribution in [-0.4, -0.2) is 101 Å². The highest BCUT2D eigenvalue weighted by atomic mass is 28.4. The zero-order valence-electron chi connectivity index (χ0n) is 39.9. The number of ether oxygens (including phenoxy) is 9. The summed E-state index contributed by atoms with van der Waals surface area (Å²) in [6.07, 6.45) is -11.9. The van der Waals surface area contributed by atoms with Gasteiger partial charge in [-0.2, -0.15) is 0 Å². The van der Waals surface area contributed by atoms with Gasteiger partial charge in [0.15, 0.2) is 33.1 Å². The summed E-state index contributed by atoms with van der Waals surface area (Å²) in [5.74, 6) is -2.00. The van der Waals surface area contributed by atoms with E-state index in [4.69, 9.17) is 47.1 Å². The summed E-state index contributed by atoms with van der Waals surface area (Å²) in [4.78, 5) is 44.0. The van der Waals surface area contributed by atoms with E-state index in [-0.39, 0.29) is 42.9 Å². The molecule has 0 aromatic heterocycles. The zero-order chi connectivity index (χ0) is 48.8. The maximum atomic E-state index is 14.2. The van der Waals surface area contributed by atoms with Crippen molar-refractivity contribution in [3.8, 4) is 0 Å². The average Bonchev–Trinajstić information content (AvgIpc) is 3.34. The molecule has 2 fully saturated rings. The molecule has 2 saturated heterocycles. The Morgan fingerprint density at radius 2 is 1.21 bits per heavy atom. The molecule has 0 amide bonds. The maximum absolute atomic E-state index is 14.2. The van der Waals surface area contributed by atoms with Crippen LogP contribution in [0.25, 0.3) is 10.4 Å². The normalized spacial score (nSPS) is 25.2. The number of carbonyl (C=O) groups is 3. The zero-order valence-corrected chi connectivity index (χ0v) is 40.9. The predicted molar refractivity (Wildman–Crippen MR) is 252 cm³/mol. The first kappa shape index (κ1) is 51.9. The van der Waals surface area contributed by atoms with Gasteiger partial charge in [0.25, 0.3) is 0 Å². The van der Waals surface area contributed by atoms with Gasteiger partial charge in [0.05, 0.1) is 32.5 Å². The summed E-state index contributed by atoms with van der Waals surface area (Å²) in [6.45, 7) is 13.5. The third-order valence-corrected chi connectivity index (χ3v) is 17.5. The van der Waals surface area contributed by atoms with Crippen molar-refractivity contribution in [3.63, 3.8) is 0 Å². The van der Waals surface area contributed by atoms with Crippen LogP contribution in [0.5, 0.6) is 0 Å². The number of azide groups is 1. The van der Waals surface area contributed by atoms with Crippen molar-refractivity contribution >= 4 is 26.2 Å². The Morgan fingerprint density at radius 3 is 1.69 bits per heavy atom. The Labute approximate surface area is 399 Å². The average molecular weight is 954 g/mol. The second-order valence-electron chi connectivity index (χ2n) is 18.1. The molecular formula is C51H63N3O13Si. The van der Waals surface area contributed by atoms with Crippen molar-refractivity contribution in [3.05, 3.63) is 154 Å². The molecule has 68 heavy (non-hydrogen) atoms. The first-order chi connectivity index (χ1) is 32.6. The van der Waals surface area contributed by atoms with Crippen LogP contribution >= 0.6 is 0 Å². The topological polar surface area (TPSA) is 192 Å². The van der Waals surface area contributed by atoms with Gasteiger partial charge in [0.2, 0.25) is 0 Å². The Morgan fingerprint density at radius 1 is 0.706 bits per heavy atom. The highest BCUT2D eigenvalue weighted by molar-refractivity contribution is 6.74. The summed E-state index contributed by atoms with van der Waals surface area (Å²) >= 11 is 0. The largest absolute Gasteiger partial charge is 0.467 e. The van der Waals surface area contributed by atoms with E-state index in [1.54, 1.807) is 30.3 Å². The molecule has 10 atom stereocenters. The SMILES string of the molecule is COC(=O)[C@@H]1O[C@H](O[Si](C)(C)C(C)(C)C(C)C)[C@H](OC(=O)c2ccccc2)[C@@H](OCc2ccccc2)[C@@H]1O[C@H]1O[C@H](COC(C)=O)[C@@H](OCc2ccccc2)[C@H](OCc2ccccc2)[C@H]1N=[N+]=[N-]. The highest BCUT2D eigenvalue weighted by Crippen LogP contribution is 2.47. The molecule has 2 aliphatic heterocycles. The molecule has 17 heteroatoms. The summed E-state index contributed by atoms with van der Waals surface area (Å²) in [5, 5.41) is 3.84. The van der Waals surface area contributed by atoms with E-state index in [9.17, 15) is 19.9 Å². The highest BCUT2D eigenvalue weighted by Gasteiger charge is 2.58. The third kappa shape index (κ3) is 13.2. The van der Waals surface area contributed by atoms with Gasteiger partial charge in [-0.3, -0.25) is 4.79 Å². The molecule has 4 aromatic rings. The lowest BCUT2D eigenvalue weighted by Gasteiger charge is -2.51. The minimum atomic E-state index is -2.86. The van der Waals surface area contributed by atoms with Gasteiger partial charge in [0.1, 0.15) is 43.2 Å². The van der Waals surface area contributed by atoms with Gasteiger partial charge in [0, 0.05) is 11.8 Å². The van der Waals surface area contributed by atoms with E-state index < -0.39 is 87.6 Å². The van der Waals surface area contributed by atoms with Crippen LogP contribution < -0.4 is 0 Å². The molecular weight excluding hydrogens is 891 g/mol. The number of benzene rings is 4. The molecule has 6 rings (SSSR count). The first-order valence-electron chi connectivity index (χ1n) is 22.8. The number of nitrogens with zero attached hydrogens (tertiary/aromatic N) is 3. The first-order valence-corrected chi connectivity index (χ1v) is 25.7. The lowest BCUT2D eigenvalue weighted by Crippen LogP contribution is -2.67. The molecule has 0 unspecified atom stereocenters. The molecule has 4 aromatic carbocycles. The van der Waals surface area contributed by atoms with Gasteiger partial charge >= 0.3 is 17.9 Å². The maximum Gasteiger partial charge on any atom is 0.338 e. The second-order valence-corrected chi connectivity index (χ2v) is 22.7. The Hall–Kier alpha value is -5.46. The summed E-state index contributed by atoms with van der Waals surface area (Å²) in [6, 6.07) is 35.2. The molecule has 0 aliphatic carbocycles. The van der Waals surface area contributed by atoms with Gasteiger partial charge in [-0.1, -0.05) is 142 Å². The van der Waals surface area contributed by atoms with Crippen molar-refractivity contribution in [2.45, 2.75) is 134 Å². The van der Waals surface area contributed by atoms with E-state index in [1.165, 1.54) is 14.0 Å². The number of esters is 3. The number of carbonyl (C=O) groups excluding carboxylic acids is 3. The van der Waals surface area contributed by atoms with Crippen molar-refractivity contribution in [1.82, 2.24) is 0 Å². The number of hydrogen-bond acceptors (Lipinski definition) is 14. The van der Waals surface area contributed by atoms with Crippen LogP contribution in [0.15, 0.2) is 126 Å². The standard InChI is InChI=1S/C51H63N3O13Si/c1-33(2)51(4,5)68(7,8)67-50-46(64-47(56)38-27-19-12-20-28-38)43(62-31-37-25-17-11-18-26-37)44(45(66-50)48(57)58-6)65-49-40(53-54-52)42(61-30-36-23-15-10-16-24-36)41(39(63-49)32-59-34(3)55)60-29-35-21-13-9-14-22-35/h9-28,33,39-46,49-50H,29-32H2,1-8H3/t39-,40-,41-,42-,43+,44+,45-,46-,49-,50-/m1/s1. The molecule has 2 aliphatic rings. The number of hydrogen-bond donors (Lipinski definition) is 0. The number of methoxy groups -OCH3 is 1. The van der Waals surface area contributed by atoms with E-state index in [1.807, 2.05) is 104 Å². The lowest BCUT2D eigenvalue weighted by molar-refractivity contribution is -0.341. The second kappa shape index (κ2) is 24.2. The van der Waals surface area contributed by atoms with Crippen molar-refractivity contribution in [2.75, 3.05) is 13.7 Å². The fraction of sp³-hybridized carbons (Fsp3) is 0.471. The van der Waals surface area contributed by atoms with E-state index >= 15 is 0 Å². The molecule has 16 nitrogen and oxygen atoms in total. The van der Waals surface area contributed by atoms with Crippen LogP contribution in [0, 0.1) is 5.92 Å². The Balaban J connectivity index is 1.47. The molecule has 2 heterocycles. The van der Waals surface area contributed by atoms with Crippen molar-refractivity contribution in [2.24, 2.45) is 11.0 Å². The molecule has 0 radical (unpaired) electrons. The number of rotatable bonds is 21. The molecule has 0 spiro atoms. The fourth-order valence-corrected chi connectivity index (χ4v) is 10.4. The van der Waals surface area contributed by atoms with Gasteiger partial charge in [-0.25, -0.2) is 9.59 Å². The van der Waals surface area contributed by atoms with Crippen LogP contribution in [0.2, 0.25) is 18.1 Å². The Kier molecular flexibility index (Phi) is 18.5. The monoisotopic (exact) mass is 953 g/mol. The molecule has 0 N–H and O–H groups in total. The van der Waals surface area contributed by atoms with Crippen LogP contribution in [0.1, 0.15) is 61.7 Å². The fourth-order valence-electron chi connectivity index (χ4n) is 7.95. The van der Waals surface area contributed by atoms with Gasteiger partial charge in [-0.15, -0.1) is 0 Å². The van der Waals surface area contributed by atoms with Crippen molar-refractivity contribution in [1.29, 1.82) is 0 Å². The summed E-state index contributed by atoms with van der Waals surface area (Å²) in [7, 11) is -1.66. The third-order valence-electron chi connectivity index (χ3n) is 13.0. The van der Waals surface area contributed by atoms with Crippen molar-refractivity contribution < 1.29 is 61.4 Å². The van der Waals surface area contributed by atoms with Gasteiger partial charge in [-0.05, 0) is 58.4 Å². The van der Waals surface area contributed by atoms with Crippen LogP contribution in [0.3, 0.4) is 0 Å². The minimum absolute atomic E-state index is 0.0394.